The topological polar surface area (TPSA) is 50.4 Å². The Kier molecular flexibility index (Phi) is 2.29. The van der Waals surface area contributed by atoms with Gasteiger partial charge in [-0.3, -0.25) is 4.79 Å². The van der Waals surface area contributed by atoms with E-state index < -0.39 is 0 Å². The zero-order valence-electron chi connectivity index (χ0n) is 8.23. The lowest BCUT2D eigenvalue weighted by Crippen LogP contribution is -2.02. The summed E-state index contributed by atoms with van der Waals surface area (Å²) in [6.45, 7) is 1.70. The van der Waals surface area contributed by atoms with Gasteiger partial charge in [0.1, 0.15) is 5.75 Å². The van der Waals surface area contributed by atoms with Gasteiger partial charge in [-0.15, -0.1) is 0 Å². The van der Waals surface area contributed by atoms with E-state index in [9.17, 15) is 9.90 Å². The first kappa shape index (κ1) is 9.52. The van der Waals surface area contributed by atoms with Crippen molar-refractivity contribution in [2.24, 2.45) is 0 Å². The number of aromatic hydroxyl groups is 1. The number of carbonyl (C=O) groups is 1. The Balaban J connectivity index is 2.47. The largest absolute Gasteiger partial charge is 0.508 e. The second-order valence-electron chi connectivity index (χ2n) is 3.26. The number of hydrogen-bond donors (Lipinski definition) is 1. The molecule has 0 unspecified atom stereocenters. The third kappa shape index (κ3) is 1.64. The van der Waals surface area contributed by atoms with Gasteiger partial charge in [0.05, 0.1) is 6.26 Å². The van der Waals surface area contributed by atoms with Crippen LogP contribution in [0.5, 0.6) is 5.75 Å². The lowest BCUT2D eigenvalue weighted by Gasteiger charge is -2.04. The summed E-state index contributed by atoms with van der Waals surface area (Å²) < 4.78 is 5.01. The van der Waals surface area contributed by atoms with E-state index in [1.54, 1.807) is 37.3 Å². The van der Waals surface area contributed by atoms with Crippen LogP contribution in [0.25, 0.3) is 0 Å². The molecule has 0 atom stereocenters. The van der Waals surface area contributed by atoms with Crippen LogP contribution >= 0.6 is 0 Å². The Morgan fingerprint density at radius 2 is 2.07 bits per heavy atom. The number of ketones is 1. The maximum absolute atomic E-state index is 11.9. The molecule has 76 valence electrons. The van der Waals surface area contributed by atoms with Gasteiger partial charge < -0.3 is 9.52 Å². The summed E-state index contributed by atoms with van der Waals surface area (Å²) >= 11 is 0. The standard InChI is InChI=1S/C12H10O3/c1-8-9(4-2-5-10(8)13)12(14)11-6-3-7-15-11/h2-7,13H,1H3. The second kappa shape index (κ2) is 3.61. The number of furan rings is 1. The van der Waals surface area contributed by atoms with E-state index in [-0.39, 0.29) is 17.3 Å². The van der Waals surface area contributed by atoms with E-state index in [1.165, 1.54) is 6.26 Å². The van der Waals surface area contributed by atoms with Crippen molar-refractivity contribution >= 4 is 5.78 Å². The van der Waals surface area contributed by atoms with Crippen LogP contribution in [0.2, 0.25) is 0 Å². The van der Waals surface area contributed by atoms with E-state index >= 15 is 0 Å². The number of rotatable bonds is 2. The molecule has 0 amide bonds. The summed E-state index contributed by atoms with van der Waals surface area (Å²) in [5, 5.41) is 9.46. The Morgan fingerprint density at radius 3 is 2.73 bits per heavy atom. The van der Waals surface area contributed by atoms with Gasteiger partial charge in [-0.1, -0.05) is 12.1 Å². The molecule has 0 aliphatic rings. The molecule has 0 aliphatic heterocycles. The van der Waals surface area contributed by atoms with Crippen molar-refractivity contribution in [3.63, 3.8) is 0 Å². The van der Waals surface area contributed by atoms with Gasteiger partial charge in [-0.05, 0) is 25.1 Å². The highest BCUT2D eigenvalue weighted by Gasteiger charge is 2.15. The van der Waals surface area contributed by atoms with E-state index in [4.69, 9.17) is 4.42 Å². The van der Waals surface area contributed by atoms with Crippen LogP contribution in [-0.2, 0) is 0 Å². The monoisotopic (exact) mass is 202 g/mol. The van der Waals surface area contributed by atoms with E-state index in [1.807, 2.05) is 0 Å². The Hall–Kier alpha value is -2.03. The van der Waals surface area contributed by atoms with Gasteiger partial charge in [-0.25, -0.2) is 0 Å². The first-order chi connectivity index (χ1) is 7.20. The minimum Gasteiger partial charge on any atom is -0.508 e. The van der Waals surface area contributed by atoms with Crippen LogP contribution in [0.1, 0.15) is 21.7 Å². The van der Waals surface area contributed by atoms with Gasteiger partial charge in [0.2, 0.25) is 5.78 Å². The van der Waals surface area contributed by atoms with Crippen LogP contribution in [0.15, 0.2) is 41.0 Å². The zero-order chi connectivity index (χ0) is 10.8. The molecule has 3 nitrogen and oxygen atoms in total. The molecule has 1 heterocycles. The first-order valence-corrected chi connectivity index (χ1v) is 4.57. The number of hydrogen-bond acceptors (Lipinski definition) is 3. The summed E-state index contributed by atoms with van der Waals surface area (Å²) in [6.07, 6.45) is 1.45. The number of carbonyl (C=O) groups excluding carboxylic acids is 1. The van der Waals surface area contributed by atoms with Crippen molar-refractivity contribution in [3.05, 3.63) is 53.5 Å². The van der Waals surface area contributed by atoms with Crippen molar-refractivity contribution in [1.29, 1.82) is 0 Å². The van der Waals surface area contributed by atoms with Crippen molar-refractivity contribution < 1.29 is 14.3 Å². The highest BCUT2D eigenvalue weighted by Crippen LogP contribution is 2.22. The molecular formula is C12H10O3. The number of benzene rings is 1. The van der Waals surface area contributed by atoms with E-state index in [2.05, 4.69) is 0 Å². The molecule has 2 aromatic rings. The molecule has 15 heavy (non-hydrogen) atoms. The van der Waals surface area contributed by atoms with Gasteiger partial charge in [0.25, 0.3) is 0 Å². The summed E-state index contributed by atoms with van der Waals surface area (Å²) in [5.41, 5.74) is 1.03. The molecule has 0 radical (unpaired) electrons. The van der Waals surface area contributed by atoms with Gasteiger partial charge in [0, 0.05) is 11.1 Å². The normalized spacial score (nSPS) is 10.2. The van der Waals surface area contributed by atoms with Crippen LogP contribution in [0, 0.1) is 6.92 Å². The molecule has 0 spiro atoms. The summed E-state index contributed by atoms with van der Waals surface area (Å²) in [7, 11) is 0. The van der Waals surface area contributed by atoms with Gasteiger partial charge >= 0.3 is 0 Å². The predicted octanol–water partition coefficient (Wildman–Crippen LogP) is 2.52. The number of phenolic OH excluding ortho intramolecular Hbond substituents is 1. The quantitative estimate of drug-likeness (QED) is 0.761. The summed E-state index contributed by atoms with van der Waals surface area (Å²) in [5.74, 6) is 0.185. The Bertz CT molecular complexity index is 484. The molecule has 0 saturated heterocycles. The van der Waals surface area contributed by atoms with E-state index in [0.717, 1.165) is 0 Å². The predicted molar refractivity (Wildman–Crippen MR) is 55.0 cm³/mol. The van der Waals surface area contributed by atoms with Crippen LogP contribution in [-0.4, -0.2) is 10.9 Å². The molecule has 1 aromatic carbocycles. The van der Waals surface area contributed by atoms with Crippen molar-refractivity contribution in [2.75, 3.05) is 0 Å². The van der Waals surface area contributed by atoms with Crippen molar-refractivity contribution in [1.82, 2.24) is 0 Å². The Morgan fingerprint density at radius 1 is 1.27 bits per heavy atom. The molecule has 0 saturated carbocycles. The number of phenols is 1. The molecule has 2 rings (SSSR count). The van der Waals surface area contributed by atoms with E-state index in [0.29, 0.717) is 11.1 Å². The second-order valence-corrected chi connectivity index (χ2v) is 3.26. The smallest absolute Gasteiger partial charge is 0.228 e. The SMILES string of the molecule is Cc1c(O)cccc1C(=O)c1ccco1. The molecule has 0 aliphatic carbocycles. The summed E-state index contributed by atoms with van der Waals surface area (Å²) in [4.78, 5) is 11.9. The third-order valence-electron chi connectivity index (χ3n) is 2.29. The van der Waals surface area contributed by atoms with Gasteiger partial charge in [0.15, 0.2) is 5.76 Å². The molecule has 1 aromatic heterocycles. The fourth-order valence-electron chi connectivity index (χ4n) is 1.41. The zero-order valence-corrected chi connectivity index (χ0v) is 8.23. The van der Waals surface area contributed by atoms with Crippen molar-refractivity contribution in [2.45, 2.75) is 6.92 Å². The van der Waals surface area contributed by atoms with Crippen LogP contribution in [0.3, 0.4) is 0 Å². The van der Waals surface area contributed by atoms with Crippen LogP contribution < -0.4 is 0 Å². The lowest BCUT2D eigenvalue weighted by molar-refractivity contribution is 0.101. The highest BCUT2D eigenvalue weighted by atomic mass is 16.3. The molecular weight excluding hydrogens is 192 g/mol. The minimum atomic E-state index is -0.214. The molecule has 1 N–H and O–H groups in total. The fourth-order valence-corrected chi connectivity index (χ4v) is 1.41. The summed E-state index contributed by atoms with van der Waals surface area (Å²) in [6, 6.07) is 8.11. The third-order valence-corrected chi connectivity index (χ3v) is 2.29. The molecule has 0 bridgehead atoms. The first-order valence-electron chi connectivity index (χ1n) is 4.57. The Labute approximate surface area is 87.0 Å². The van der Waals surface area contributed by atoms with Gasteiger partial charge in [-0.2, -0.15) is 0 Å². The molecule has 3 heteroatoms. The van der Waals surface area contributed by atoms with Crippen LogP contribution in [0.4, 0.5) is 0 Å². The maximum atomic E-state index is 11.9. The highest BCUT2D eigenvalue weighted by molar-refractivity contribution is 6.08. The minimum absolute atomic E-state index is 0.118. The van der Waals surface area contributed by atoms with Crippen molar-refractivity contribution in [3.8, 4) is 5.75 Å². The fraction of sp³-hybridized carbons (Fsp3) is 0.0833. The lowest BCUT2D eigenvalue weighted by atomic mass is 10.0. The maximum Gasteiger partial charge on any atom is 0.228 e. The average molecular weight is 202 g/mol. The molecule has 0 fully saturated rings. The average Bonchev–Trinajstić information content (AvgIpc) is 2.74.